The molecule has 24 heavy (non-hydrogen) atoms. The molecule has 0 saturated carbocycles. The van der Waals surface area contributed by atoms with Gasteiger partial charge in [-0.15, -0.1) is 12.4 Å². The average molecular weight is 367 g/mol. The van der Waals surface area contributed by atoms with Crippen LogP contribution in [-0.2, 0) is 11.2 Å². The number of hydrogen-bond acceptors (Lipinski definition) is 2. The summed E-state index contributed by atoms with van der Waals surface area (Å²) >= 11 is 5.89. The van der Waals surface area contributed by atoms with Crippen LogP contribution in [0, 0.1) is 5.82 Å². The van der Waals surface area contributed by atoms with Crippen molar-refractivity contribution in [2.24, 2.45) is 0 Å². The smallest absolute Gasteiger partial charge is 0.309 e. The lowest BCUT2D eigenvalue weighted by atomic mass is 10.1. The first-order valence-corrected chi connectivity index (χ1v) is 7.23. The molecule has 0 bridgehead atoms. The van der Waals surface area contributed by atoms with E-state index in [1.807, 2.05) is 0 Å². The molecule has 124 valence electrons. The number of carboxylic acid groups (broad SMARTS) is 1. The lowest BCUT2D eigenvalue weighted by Crippen LogP contribution is -2.03. The number of aliphatic carboxylic acids is 1. The molecule has 2 aromatic carbocycles. The minimum absolute atomic E-state index is 0. The van der Waals surface area contributed by atoms with Gasteiger partial charge >= 0.3 is 5.97 Å². The molecule has 1 N–H and O–H groups in total. The van der Waals surface area contributed by atoms with Gasteiger partial charge in [-0.3, -0.25) is 4.79 Å². The summed E-state index contributed by atoms with van der Waals surface area (Å²) in [6.45, 7) is 0. The second-order valence-electron chi connectivity index (χ2n) is 4.99. The highest BCUT2D eigenvalue weighted by Crippen LogP contribution is 2.26. The number of aromatic nitrogens is 2. The molecule has 3 rings (SSSR count). The van der Waals surface area contributed by atoms with Crippen LogP contribution in [0.25, 0.3) is 16.8 Å². The number of hydrogen-bond donors (Lipinski definition) is 1. The van der Waals surface area contributed by atoms with Gasteiger partial charge in [0.05, 0.1) is 17.8 Å². The zero-order chi connectivity index (χ0) is 16.4. The van der Waals surface area contributed by atoms with Crippen molar-refractivity contribution in [1.29, 1.82) is 0 Å². The van der Waals surface area contributed by atoms with E-state index in [2.05, 4.69) is 5.10 Å². The highest BCUT2D eigenvalue weighted by atomic mass is 35.5. The number of halogens is 3. The molecule has 4 nitrogen and oxygen atoms in total. The van der Waals surface area contributed by atoms with E-state index in [0.29, 0.717) is 22.0 Å². The molecule has 0 aliphatic heterocycles. The predicted molar refractivity (Wildman–Crippen MR) is 92.6 cm³/mol. The summed E-state index contributed by atoms with van der Waals surface area (Å²) in [5.74, 6) is -1.31. The third-order valence-corrected chi connectivity index (χ3v) is 3.61. The fourth-order valence-electron chi connectivity index (χ4n) is 2.28. The van der Waals surface area contributed by atoms with Gasteiger partial charge in [-0.2, -0.15) is 5.10 Å². The van der Waals surface area contributed by atoms with Crippen LogP contribution < -0.4 is 0 Å². The van der Waals surface area contributed by atoms with E-state index in [9.17, 15) is 9.18 Å². The zero-order valence-corrected chi connectivity index (χ0v) is 13.9. The largest absolute Gasteiger partial charge is 0.481 e. The summed E-state index contributed by atoms with van der Waals surface area (Å²) in [5.41, 5.74) is 2.61. The summed E-state index contributed by atoms with van der Waals surface area (Å²) in [5, 5.41) is 14.0. The van der Waals surface area contributed by atoms with Gasteiger partial charge in [0.25, 0.3) is 0 Å². The number of carboxylic acids is 1. The maximum Gasteiger partial charge on any atom is 0.309 e. The Kier molecular flexibility index (Phi) is 5.59. The quantitative estimate of drug-likeness (QED) is 0.745. The summed E-state index contributed by atoms with van der Waals surface area (Å²) in [4.78, 5) is 11.1. The Balaban J connectivity index is 0.00000208. The number of nitrogens with zero attached hydrogens (tertiary/aromatic N) is 2. The molecule has 7 heteroatoms. The van der Waals surface area contributed by atoms with Crippen LogP contribution in [0.1, 0.15) is 5.69 Å². The maximum atomic E-state index is 13.0. The van der Waals surface area contributed by atoms with Gasteiger partial charge < -0.3 is 5.11 Å². The summed E-state index contributed by atoms with van der Waals surface area (Å²) < 4.78 is 14.6. The van der Waals surface area contributed by atoms with Crippen LogP contribution in [0.5, 0.6) is 0 Å². The molecule has 0 unspecified atom stereocenters. The molecule has 0 aliphatic rings. The van der Waals surface area contributed by atoms with Crippen molar-refractivity contribution in [2.75, 3.05) is 0 Å². The van der Waals surface area contributed by atoms with Crippen LogP contribution >= 0.6 is 24.0 Å². The predicted octanol–water partition coefficient (Wildman–Crippen LogP) is 4.38. The molecule has 0 fully saturated rings. The van der Waals surface area contributed by atoms with Gasteiger partial charge in [0.15, 0.2) is 0 Å². The van der Waals surface area contributed by atoms with Gasteiger partial charge in [0, 0.05) is 16.8 Å². The van der Waals surface area contributed by atoms with E-state index < -0.39 is 5.97 Å². The standard InChI is InChI=1S/C17H12ClFN2O2.ClH/c18-12-3-1-11(2-4-12)15-10-21(20-16(15)9-17(22)23)14-7-5-13(19)6-8-14;/h1-8,10H,9H2,(H,22,23);1H. The first-order chi connectivity index (χ1) is 11.0. The number of rotatable bonds is 4. The first kappa shape index (κ1) is 18.0. The van der Waals surface area contributed by atoms with Crippen molar-refractivity contribution < 1.29 is 14.3 Å². The fraction of sp³-hybridized carbons (Fsp3) is 0.0588. The van der Waals surface area contributed by atoms with Crippen molar-refractivity contribution in [3.8, 4) is 16.8 Å². The van der Waals surface area contributed by atoms with Gasteiger partial charge in [0.2, 0.25) is 0 Å². The van der Waals surface area contributed by atoms with Crippen LogP contribution in [0.3, 0.4) is 0 Å². The van der Waals surface area contributed by atoms with E-state index in [1.165, 1.54) is 12.1 Å². The lowest BCUT2D eigenvalue weighted by molar-refractivity contribution is -0.136. The lowest BCUT2D eigenvalue weighted by Gasteiger charge is -2.00. The minimum atomic E-state index is -0.968. The van der Waals surface area contributed by atoms with Crippen molar-refractivity contribution in [2.45, 2.75) is 6.42 Å². The highest BCUT2D eigenvalue weighted by Gasteiger charge is 2.15. The van der Waals surface area contributed by atoms with E-state index in [0.717, 1.165) is 5.56 Å². The van der Waals surface area contributed by atoms with E-state index in [1.54, 1.807) is 47.3 Å². The summed E-state index contributed by atoms with van der Waals surface area (Å²) in [6, 6.07) is 12.9. The summed E-state index contributed by atoms with van der Waals surface area (Å²) in [6.07, 6.45) is 1.53. The van der Waals surface area contributed by atoms with Crippen molar-refractivity contribution in [3.05, 3.63) is 71.3 Å². The fourth-order valence-corrected chi connectivity index (χ4v) is 2.41. The topological polar surface area (TPSA) is 55.1 Å². The van der Waals surface area contributed by atoms with E-state index in [4.69, 9.17) is 16.7 Å². The van der Waals surface area contributed by atoms with Crippen molar-refractivity contribution in [3.63, 3.8) is 0 Å². The minimum Gasteiger partial charge on any atom is -0.481 e. The van der Waals surface area contributed by atoms with Crippen molar-refractivity contribution in [1.82, 2.24) is 9.78 Å². The molecule has 3 aromatic rings. The molecule has 1 heterocycles. The Morgan fingerprint density at radius 2 is 1.75 bits per heavy atom. The van der Waals surface area contributed by atoms with Gasteiger partial charge in [-0.25, -0.2) is 9.07 Å². The van der Waals surface area contributed by atoms with E-state index in [-0.39, 0.29) is 24.6 Å². The molecular formula is C17H13Cl2FN2O2. The SMILES string of the molecule is Cl.O=C(O)Cc1nn(-c2ccc(F)cc2)cc1-c1ccc(Cl)cc1. The number of benzene rings is 2. The zero-order valence-electron chi connectivity index (χ0n) is 12.3. The maximum absolute atomic E-state index is 13.0. The van der Waals surface area contributed by atoms with Crippen LogP contribution in [-0.4, -0.2) is 20.9 Å². The Labute approximate surface area is 148 Å². The second kappa shape index (κ2) is 7.47. The monoisotopic (exact) mass is 366 g/mol. The molecule has 0 atom stereocenters. The van der Waals surface area contributed by atoms with Gasteiger partial charge in [0.1, 0.15) is 5.82 Å². The van der Waals surface area contributed by atoms with Crippen LogP contribution in [0.2, 0.25) is 5.02 Å². The van der Waals surface area contributed by atoms with Crippen LogP contribution in [0.15, 0.2) is 54.7 Å². The molecule has 0 amide bonds. The third-order valence-electron chi connectivity index (χ3n) is 3.36. The van der Waals surface area contributed by atoms with Crippen molar-refractivity contribution >= 4 is 30.0 Å². The molecular weight excluding hydrogens is 354 g/mol. The Morgan fingerprint density at radius 3 is 2.33 bits per heavy atom. The highest BCUT2D eigenvalue weighted by molar-refractivity contribution is 6.30. The molecule has 0 aliphatic carbocycles. The van der Waals surface area contributed by atoms with Gasteiger partial charge in [-0.1, -0.05) is 23.7 Å². The Bertz CT molecular complexity index is 846. The molecule has 0 spiro atoms. The molecule has 0 radical (unpaired) electrons. The first-order valence-electron chi connectivity index (χ1n) is 6.85. The average Bonchev–Trinajstić information content (AvgIpc) is 2.92. The third kappa shape index (κ3) is 3.93. The Morgan fingerprint density at radius 1 is 1.12 bits per heavy atom. The van der Waals surface area contributed by atoms with Crippen LogP contribution in [0.4, 0.5) is 4.39 Å². The van der Waals surface area contributed by atoms with Gasteiger partial charge in [-0.05, 0) is 42.0 Å². The molecule has 0 saturated heterocycles. The number of carbonyl (C=O) groups is 1. The molecule has 1 aromatic heterocycles. The second-order valence-corrected chi connectivity index (χ2v) is 5.42. The normalized spacial score (nSPS) is 10.2. The van der Waals surface area contributed by atoms with E-state index >= 15 is 0 Å². The summed E-state index contributed by atoms with van der Waals surface area (Å²) in [7, 11) is 0. The Hall–Kier alpha value is -2.37.